The molecule has 1 aromatic heterocycles. The summed E-state index contributed by atoms with van der Waals surface area (Å²) in [5, 5.41) is 16.5. The minimum atomic E-state index is -1.16. The summed E-state index contributed by atoms with van der Waals surface area (Å²) in [6.07, 6.45) is 7.31. The monoisotopic (exact) mass is 281 g/mol. The fourth-order valence-corrected chi connectivity index (χ4v) is 2.19. The van der Waals surface area contributed by atoms with Crippen molar-refractivity contribution in [2.75, 3.05) is 0 Å². The Hall–Kier alpha value is -2.07. The summed E-state index contributed by atoms with van der Waals surface area (Å²) >= 11 is 1.43. The van der Waals surface area contributed by atoms with E-state index in [2.05, 4.69) is 21.5 Å². The van der Waals surface area contributed by atoms with Gasteiger partial charge in [-0.3, -0.25) is 0 Å². The molecule has 2 unspecified atom stereocenters. The lowest BCUT2D eigenvalue weighted by Gasteiger charge is -2.17. The first kappa shape index (κ1) is 15.0. The topological polar surface area (TPSA) is 91.3 Å². The molecule has 102 valence electrons. The van der Waals surface area contributed by atoms with Crippen LogP contribution in [0.5, 0.6) is 0 Å². The zero-order valence-corrected chi connectivity index (χ0v) is 11.2. The Kier molecular flexibility index (Phi) is 5.82. The molecule has 19 heavy (non-hydrogen) atoms. The lowest BCUT2D eigenvalue weighted by Crippen LogP contribution is -2.46. The summed E-state index contributed by atoms with van der Waals surface area (Å²) in [7, 11) is 0. The summed E-state index contributed by atoms with van der Waals surface area (Å²) in [4.78, 5) is 26.7. The highest BCUT2D eigenvalue weighted by atomic mass is 32.1. The Morgan fingerprint density at radius 1 is 1.58 bits per heavy atom. The highest BCUT2D eigenvalue weighted by molar-refractivity contribution is 7.09. The predicted octanol–water partition coefficient (Wildman–Crippen LogP) is 1.37. The first-order valence-corrected chi connectivity index (χ1v) is 6.59. The number of amides is 2. The van der Waals surface area contributed by atoms with E-state index < -0.39 is 18.0 Å². The molecule has 1 aromatic rings. The molecule has 1 heterocycles. The Bertz CT molecular complexity index is 467. The highest BCUT2D eigenvalue weighted by Gasteiger charge is 2.21. The molecule has 0 aliphatic heterocycles. The maximum absolute atomic E-state index is 11.7. The van der Waals surface area contributed by atoms with Crippen LogP contribution in [0.1, 0.15) is 30.8 Å². The van der Waals surface area contributed by atoms with Gasteiger partial charge in [0.1, 0.15) is 11.0 Å². The molecule has 7 heteroatoms. The van der Waals surface area contributed by atoms with Crippen molar-refractivity contribution in [1.82, 2.24) is 15.6 Å². The average molecular weight is 281 g/mol. The number of aliphatic carboxylic acids is 1. The van der Waals surface area contributed by atoms with Crippen molar-refractivity contribution in [1.29, 1.82) is 0 Å². The lowest BCUT2D eigenvalue weighted by atomic mass is 10.2. The highest BCUT2D eigenvalue weighted by Crippen LogP contribution is 2.18. The van der Waals surface area contributed by atoms with Gasteiger partial charge in [0.2, 0.25) is 0 Å². The van der Waals surface area contributed by atoms with Crippen molar-refractivity contribution in [3.05, 3.63) is 16.6 Å². The first-order valence-electron chi connectivity index (χ1n) is 5.71. The fraction of sp³-hybridized carbons (Fsp3) is 0.417. The third kappa shape index (κ3) is 4.60. The van der Waals surface area contributed by atoms with Crippen LogP contribution in [0.3, 0.4) is 0 Å². The number of thiazole rings is 1. The molecule has 2 atom stereocenters. The normalized spacial score (nSPS) is 13.1. The Labute approximate surface area is 115 Å². The number of nitrogens with zero attached hydrogens (tertiary/aromatic N) is 1. The Morgan fingerprint density at radius 3 is 2.79 bits per heavy atom. The molecule has 0 saturated carbocycles. The number of carboxylic acids is 1. The smallest absolute Gasteiger partial charge is 0.327 e. The molecule has 0 spiro atoms. The van der Waals surface area contributed by atoms with Gasteiger partial charge in [-0.25, -0.2) is 14.6 Å². The molecular weight excluding hydrogens is 266 g/mol. The molecule has 0 radical (unpaired) electrons. The van der Waals surface area contributed by atoms with E-state index in [0.29, 0.717) is 6.42 Å². The van der Waals surface area contributed by atoms with Crippen molar-refractivity contribution in [2.45, 2.75) is 31.8 Å². The van der Waals surface area contributed by atoms with E-state index in [1.807, 2.05) is 12.3 Å². The third-order valence-electron chi connectivity index (χ3n) is 2.39. The van der Waals surface area contributed by atoms with E-state index in [0.717, 1.165) is 5.01 Å². The third-order valence-corrected chi connectivity index (χ3v) is 3.28. The number of aromatic nitrogens is 1. The minimum Gasteiger partial charge on any atom is -0.480 e. The standard InChI is InChI=1S/C12H15N3O3S/c1-3-5-9(11(16)17)15-12(18)14-8(4-2)10-13-6-7-19-10/h1,6-9H,4-5H2,2H3,(H,16,17)(H2,14,15,18). The van der Waals surface area contributed by atoms with Gasteiger partial charge in [-0.05, 0) is 6.42 Å². The molecule has 2 amide bonds. The van der Waals surface area contributed by atoms with Crippen LogP contribution in [0.2, 0.25) is 0 Å². The van der Waals surface area contributed by atoms with E-state index in [9.17, 15) is 9.59 Å². The molecule has 0 bridgehead atoms. The molecule has 6 nitrogen and oxygen atoms in total. The first-order chi connectivity index (χ1) is 9.08. The van der Waals surface area contributed by atoms with E-state index in [1.165, 1.54) is 11.3 Å². The van der Waals surface area contributed by atoms with Crippen LogP contribution in [0, 0.1) is 12.3 Å². The van der Waals surface area contributed by atoms with Crippen LogP contribution >= 0.6 is 11.3 Å². The molecule has 3 N–H and O–H groups in total. The van der Waals surface area contributed by atoms with Crippen LogP contribution in [-0.4, -0.2) is 28.1 Å². The predicted molar refractivity (Wildman–Crippen MR) is 71.7 cm³/mol. The van der Waals surface area contributed by atoms with Crippen molar-refractivity contribution >= 4 is 23.3 Å². The fourth-order valence-electron chi connectivity index (χ4n) is 1.42. The largest absolute Gasteiger partial charge is 0.480 e. The van der Waals surface area contributed by atoms with Crippen molar-refractivity contribution < 1.29 is 14.7 Å². The van der Waals surface area contributed by atoms with Gasteiger partial charge in [-0.1, -0.05) is 6.92 Å². The molecule has 0 fully saturated rings. The number of urea groups is 1. The van der Waals surface area contributed by atoms with Gasteiger partial charge in [0.05, 0.1) is 6.04 Å². The zero-order valence-electron chi connectivity index (χ0n) is 10.4. The van der Waals surface area contributed by atoms with E-state index >= 15 is 0 Å². The molecule has 0 saturated heterocycles. The SMILES string of the molecule is C#CCC(NC(=O)NC(CC)c1nccs1)C(=O)O. The summed E-state index contributed by atoms with van der Waals surface area (Å²) in [5.41, 5.74) is 0. The van der Waals surface area contributed by atoms with E-state index in [1.54, 1.807) is 6.20 Å². The number of hydrogen-bond donors (Lipinski definition) is 3. The number of rotatable bonds is 6. The van der Waals surface area contributed by atoms with Crippen molar-refractivity contribution in [3.63, 3.8) is 0 Å². The van der Waals surface area contributed by atoms with Gasteiger partial charge in [0.25, 0.3) is 0 Å². The maximum atomic E-state index is 11.7. The number of carbonyl (C=O) groups excluding carboxylic acids is 1. The van der Waals surface area contributed by atoms with Crippen molar-refractivity contribution in [3.8, 4) is 12.3 Å². The van der Waals surface area contributed by atoms with Crippen LogP contribution < -0.4 is 10.6 Å². The number of carbonyl (C=O) groups is 2. The lowest BCUT2D eigenvalue weighted by molar-refractivity contribution is -0.139. The van der Waals surface area contributed by atoms with Crippen LogP contribution in [0.15, 0.2) is 11.6 Å². The molecular formula is C12H15N3O3S. The number of nitrogens with one attached hydrogen (secondary N) is 2. The van der Waals surface area contributed by atoms with E-state index in [-0.39, 0.29) is 12.5 Å². The Balaban J connectivity index is 2.58. The van der Waals surface area contributed by atoms with Gasteiger partial charge in [0, 0.05) is 18.0 Å². The second kappa shape index (κ2) is 7.38. The molecule has 1 rings (SSSR count). The quantitative estimate of drug-likeness (QED) is 0.687. The Morgan fingerprint density at radius 2 is 2.32 bits per heavy atom. The van der Waals surface area contributed by atoms with Gasteiger partial charge in [-0.2, -0.15) is 0 Å². The summed E-state index contributed by atoms with van der Waals surface area (Å²) in [5.74, 6) is 1.06. The van der Waals surface area contributed by atoms with Crippen LogP contribution in [0.25, 0.3) is 0 Å². The summed E-state index contributed by atoms with van der Waals surface area (Å²) in [6.45, 7) is 1.91. The second-order valence-electron chi connectivity index (χ2n) is 3.75. The van der Waals surface area contributed by atoms with Crippen molar-refractivity contribution in [2.24, 2.45) is 0 Å². The van der Waals surface area contributed by atoms with Gasteiger partial charge < -0.3 is 15.7 Å². The average Bonchev–Trinajstić information content (AvgIpc) is 2.89. The van der Waals surface area contributed by atoms with Gasteiger partial charge >= 0.3 is 12.0 Å². The van der Waals surface area contributed by atoms with Gasteiger partial charge in [-0.15, -0.1) is 23.7 Å². The number of carboxylic acid groups (broad SMARTS) is 1. The zero-order chi connectivity index (χ0) is 14.3. The van der Waals surface area contributed by atoms with Crippen LogP contribution in [0.4, 0.5) is 4.79 Å². The number of terminal acetylenes is 1. The second-order valence-corrected chi connectivity index (χ2v) is 4.67. The molecule has 0 aliphatic rings. The minimum absolute atomic E-state index is 0.0587. The number of hydrogen-bond acceptors (Lipinski definition) is 4. The van der Waals surface area contributed by atoms with E-state index in [4.69, 9.17) is 11.5 Å². The summed E-state index contributed by atoms with van der Waals surface area (Å²) in [6, 6.07) is -1.89. The summed E-state index contributed by atoms with van der Waals surface area (Å²) < 4.78 is 0. The molecule has 0 aliphatic carbocycles. The maximum Gasteiger partial charge on any atom is 0.327 e. The molecule has 0 aromatic carbocycles. The van der Waals surface area contributed by atoms with Crippen LogP contribution in [-0.2, 0) is 4.79 Å². The van der Waals surface area contributed by atoms with Gasteiger partial charge in [0.15, 0.2) is 0 Å².